The van der Waals surface area contributed by atoms with Crippen molar-refractivity contribution in [1.29, 1.82) is 0 Å². The lowest BCUT2D eigenvalue weighted by molar-refractivity contribution is 0.226. The first kappa shape index (κ1) is 8.99. The van der Waals surface area contributed by atoms with Crippen molar-refractivity contribution in [2.75, 3.05) is 6.61 Å². The van der Waals surface area contributed by atoms with Crippen LogP contribution in [0.25, 0.3) is 0 Å². The molecule has 0 saturated heterocycles. The van der Waals surface area contributed by atoms with Gasteiger partial charge in [0.2, 0.25) is 0 Å². The number of rotatable bonds is 3. The molecule has 1 rings (SSSR count). The summed E-state index contributed by atoms with van der Waals surface area (Å²) in [6, 6.07) is 9.24. The van der Waals surface area contributed by atoms with Crippen LogP contribution >= 0.6 is 0 Å². The molecular weight excluding hydrogens is 154 g/mol. The van der Waals surface area contributed by atoms with Crippen LogP contribution in [0.1, 0.15) is 0 Å². The number of nitrogens with two attached hydrogens (primary N) is 3. The van der Waals surface area contributed by atoms with Crippen molar-refractivity contribution >= 4 is 0 Å². The summed E-state index contributed by atoms with van der Waals surface area (Å²) < 4.78 is 5.20. The van der Waals surface area contributed by atoms with Crippen molar-refractivity contribution in [2.45, 2.75) is 5.79 Å². The Balaban J connectivity index is 2.44. The molecule has 1 aromatic carbocycles. The molecule has 0 bridgehead atoms. The summed E-state index contributed by atoms with van der Waals surface area (Å²) in [6.07, 6.45) is 0. The Morgan fingerprint density at radius 1 is 1.08 bits per heavy atom. The summed E-state index contributed by atoms with van der Waals surface area (Å²) in [5.41, 5.74) is 15.9. The van der Waals surface area contributed by atoms with E-state index in [4.69, 9.17) is 21.9 Å². The van der Waals surface area contributed by atoms with E-state index in [1.165, 1.54) is 0 Å². The minimum absolute atomic E-state index is 0.0943. The van der Waals surface area contributed by atoms with Gasteiger partial charge < -0.3 is 4.74 Å². The van der Waals surface area contributed by atoms with Crippen LogP contribution in [-0.2, 0) is 0 Å². The van der Waals surface area contributed by atoms with Gasteiger partial charge in [-0.3, -0.25) is 17.2 Å². The minimum Gasteiger partial charge on any atom is -0.489 e. The molecule has 0 atom stereocenters. The van der Waals surface area contributed by atoms with Crippen molar-refractivity contribution in [3.63, 3.8) is 0 Å². The highest BCUT2D eigenvalue weighted by atomic mass is 16.5. The maximum absolute atomic E-state index is 5.31. The number of hydrogen-bond donors (Lipinski definition) is 3. The van der Waals surface area contributed by atoms with Gasteiger partial charge in [-0.05, 0) is 12.1 Å². The molecule has 4 nitrogen and oxygen atoms in total. The molecule has 0 radical (unpaired) electrons. The van der Waals surface area contributed by atoms with Gasteiger partial charge in [-0.1, -0.05) is 18.2 Å². The van der Waals surface area contributed by atoms with E-state index in [1.54, 1.807) is 0 Å². The molecule has 0 aromatic heterocycles. The van der Waals surface area contributed by atoms with Crippen LogP contribution in [0.3, 0.4) is 0 Å². The van der Waals surface area contributed by atoms with Crippen LogP contribution in [0.15, 0.2) is 30.3 Å². The van der Waals surface area contributed by atoms with Gasteiger partial charge in [-0.15, -0.1) is 0 Å². The van der Waals surface area contributed by atoms with E-state index in [0.717, 1.165) is 0 Å². The molecule has 12 heavy (non-hydrogen) atoms. The molecule has 0 aliphatic rings. The van der Waals surface area contributed by atoms with Crippen LogP contribution in [0, 0.1) is 0 Å². The van der Waals surface area contributed by atoms with E-state index < -0.39 is 5.79 Å². The van der Waals surface area contributed by atoms with Gasteiger partial charge in [-0.25, -0.2) is 0 Å². The third-order valence-electron chi connectivity index (χ3n) is 1.23. The number of hydrogen-bond acceptors (Lipinski definition) is 4. The van der Waals surface area contributed by atoms with Gasteiger partial charge in [0.25, 0.3) is 0 Å². The zero-order valence-electron chi connectivity index (χ0n) is 6.73. The molecule has 4 heteroatoms. The lowest BCUT2D eigenvalue weighted by atomic mass is 10.3. The highest BCUT2D eigenvalue weighted by molar-refractivity contribution is 5.20. The van der Waals surface area contributed by atoms with Crippen molar-refractivity contribution in [1.82, 2.24) is 0 Å². The Morgan fingerprint density at radius 2 is 1.67 bits per heavy atom. The first-order valence-corrected chi connectivity index (χ1v) is 3.62. The second-order valence-electron chi connectivity index (χ2n) is 2.71. The Morgan fingerprint density at radius 3 is 2.17 bits per heavy atom. The van der Waals surface area contributed by atoms with E-state index in [1.807, 2.05) is 30.3 Å². The summed E-state index contributed by atoms with van der Waals surface area (Å²) in [5, 5.41) is 0. The van der Waals surface area contributed by atoms with Crippen molar-refractivity contribution in [3.05, 3.63) is 30.3 Å². The highest BCUT2D eigenvalue weighted by Gasteiger charge is 2.11. The lowest BCUT2D eigenvalue weighted by Crippen LogP contribution is -2.62. The van der Waals surface area contributed by atoms with Crippen molar-refractivity contribution in [2.24, 2.45) is 17.2 Å². The number of para-hydroxylation sites is 1. The summed E-state index contributed by atoms with van der Waals surface area (Å²) >= 11 is 0. The number of ether oxygens (including phenoxy) is 1. The van der Waals surface area contributed by atoms with Crippen LogP contribution < -0.4 is 21.9 Å². The lowest BCUT2D eigenvalue weighted by Gasteiger charge is -2.18. The van der Waals surface area contributed by atoms with E-state index in [-0.39, 0.29) is 6.61 Å². The molecule has 0 heterocycles. The van der Waals surface area contributed by atoms with Gasteiger partial charge in [0.15, 0.2) is 5.79 Å². The Kier molecular flexibility index (Phi) is 2.65. The monoisotopic (exact) mass is 167 g/mol. The first-order valence-electron chi connectivity index (χ1n) is 3.62. The van der Waals surface area contributed by atoms with Gasteiger partial charge in [0.05, 0.1) is 0 Å². The second kappa shape index (κ2) is 3.53. The fraction of sp³-hybridized carbons (Fsp3) is 0.250. The normalized spacial score (nSPS) is 11.2. The van der Waals surface area contributed by atoms with Gasteiger partial charge in [-0.2, -0.15) is 0 Å². The third kappa shape index (κ3) is 3.34. The van der Waals surface area contributed by atoms with Crippen LogP contribution in [-0.4, -0.2) is 12.4 Å². The van der Waals surface area contributed by atoms with Gasteiger partial charge in [0.1, 0.15) is 12.4 Å². The standard InChI is InChI=1S/C8H13N3O/c9-8(10,11)6-12-7-4-2-1-3-5-7/h1-5H,6,9-11H2. The summed E-state index contributed by atoms with van der Waals surface area (Å²) in [5.74, 6) is -0.557. The Bertz CT molecular complexity index is 230. The zero-order valence-corrected chi connectivity index (χ0v) is 6.73. The molecule has 0 saturated carbocycles. The molecule has 0 spiro atoms. The molecular formula is C8H13N3O. The highest BCUT2D eigenvalue weighted by Crippen LogP contribution is 2.08. The largest absolute Gasteiger partial charge is 0.489 e. The van der Waals surface area contributed by atoms with E-state index in [2.05, 4.69) is 0 Å². The van der Waals surface area contributed by atoms with Gasteiger partial charge in [0, 0.05) is 0 Å². The minimum atomic E-state index is -1.27. The maximum Gasteiger partial charge on any atom is 0.151 e. The number of benzene rings is 1. The summed E-state index contributed by atoms with van der Waals surface area (Å²) in [6.45, 7) is 0.0943. The molecule has 1 aromatic rings. The third-order valence-corrected chi connectivity index (χ3v) is 1.23. The fourth-order valence-electron chi connectivity index (χ4n) is 0.725. The molecule has 0 fully saturated rings. The fourth-order valence-corrected chi connectivity index (χ4v) is 0.725. The predicted octanol–water partition coefficient (Wildman–Crippen LogP) is -0.405. The van der Waals surface area contributed by atoms with Crippen LogP contribution in [0.2, 0.25) is 0 Å². The molecule has 0 aliphatic heterocycles. The van der Waals surface area contributed by atoms with Crippen LogP contribution in [0.4, 0.5) is 0 Å². The Labute approximate surface area is 71.3 Å². The van der Waals surface area contributed by atoms with Gasteiger partial charge >= 0.3 is 0 Å². The van der Waals surface area contributed by atoms with E-state index >= 15 is 0 Å². The molecule has 66 valence electrons. The quantitative estimate of drug-likeness (QED) is 0.534. The molecule has 0 aliphatic carbocycles. The topological polar surface area (TPSA) is 87.3 Å². The van der Waals surface area contributed by atoms with E-state index in [0.29, 0.717) is 5.75 Å². The summed E-state index contributed by atoms with van der Waals surface area (Å²) in [7, 11) is 0. The second-order valence-corrected chi connectivity index (χ2v) is 2.71. The van der Waals surface area contributed by atoms with Crippen LogP contribution in [0.5, 0.6) is 5.75 Å². The Hall–Kier alpha value is -1.10. The SMILES string of the molecule is NC(N)(N)COc1ccccc1. The predicted molar refractivity (Wildman–Crippen MR) is 47.2 cm³/mol. The average molecular weight is 167 g/mol. The van der Waals surface area contributed by atoms with Crippen molar-refractivity contribution in [3.8, 4) is 5.75 Å². The smallest absolute Gasteiger partial charge is 0.151 e. The molecule has 0 amide bonds. The molecule has 0 unspecified atom stereocenters. The average Bonchev–Trinajstić information content (AvgIpc) is 2.02. The zero-order chi connectivity index (χ0) is 9.03. The van der Waals surface area contributed by atoms with Crippen molar-refractivity contribution < 1.29 is 4.74 Å². The molecule has 6 N–H and O–H groups in total. The van der Waals surface area contributed by atoms with E-state index in [9.17, 15) is 0 Å². The summed E-state index contributed by atoms with van der Waals surface area (Å²) in [4.78, 5) is 0. The first-order chi connectivity index (χ1) is 5.58. The maximum atomic E-state index is 5.31.